The highest BCUT2D eigenvalue weighted by molar-refractivity contribution is 5.68. The average molecular weight is 245 g/mol. The molecule has 0 heterocycles. The molecular weight excluding hydrogens is 228 g/mol. The molecule has 0 aliphatic heterocycles. The molecule has 0 saturated heterocycles. The summed E-state index contributed by atoms with van der Waals surface area (Å²) in [7, 11) is 0. The summed E-state index contributed by atoms with van der Waals surface area (Å²) < 4.78 is 27.6. The van der Waals surface area contributed by atoms with Gasteiger partial charge in [-0.1, -0.05) is 0 Å². The third kappa shape index (κ3) is 1.21. The van der Waals surface area contributed by atoms with Crippen LogP contribution in [0.15, 0.2) is 0 Å². The van der Waals surface area contributed by atoms with E-state index in [0.29, 0.717) is 6.42 Å². The number of carboxylic acids is 1. The summed E-state index contributed by atoms with van der Waals surface area (Å²) in [5, 5.41) is 8.98. The smallest absolute Gasteiger partial charge is 0.303 e. The zero-order chi connectivity index (χ0) is 12.4. The summed E-state index contributed by atoms with van der Waals surface area (Å²) >= 11 is 0. The molecule has 3 aliphatic rings. The van der Waals surface area contributed by atoms with Crippen LogP contribution < -0.4 is 5.73 Å². The van der Waals surface area contributed by atoms with E-state index in [1.165, 1.54) is 0 Å². The van der Waals surface area contributed by atoms with Crippen molar-refractivity contribution in [1.29, 1.82) is 0 Å². The SMILES string of the molecule is NC[C@@]1(CC(=O)O)[C@@H]2CC(F)(F)C3CC[C@H]1[C@@H]32. The van der Waals surface area contributed by atoms with Crippen LogP contribution in [-0.4, -0.2) is 23.5 Å². The van der Waals surface area contributed by atoms with Crippen molar-refractivity contribution >= 4 is 5.97 Å². The van der Waals surface area contributed by atoms with Crippen molar-refractivity contribution in [1.82, 2.24) is 0 Å². The Hall–Kier alpha value is -0.710. The third-order valence-corrected chi connectivity index (χ3v) is 5.55. The van der Waals surface area contributed by atoms with Crippen LogP contribution in [-0.2, 0) is 4.79 Å². The maximum Gasteiger partial charge on any atom is 0.303 e. The Labute approximate surface area is 98.4 Å². The Kier molecular flexibility index (Phi) is 2.14. The van der Waals surface area contributed by atoms with E-state index in [1.807, 2.05) is 0 Å². The maximum absolute atomic E-state index is 13.8. The lowest BCUT2D eigenvalue weighted by Crippen LogP contribution is -2.58. The molecule has 96 valence electrons. The minimum Gasteiger partial charge on any atom is -0.481 e. The number of hydrogen-bond acceptors (Lipinski definition) is 2. The molecule has 0 bridgehead atoms. The molecule has 5 atom stereocenters. The first kappa shape index (κ1) is 11.4. The molecule has 5 heteroatoms. The summed E-state index contributed by atoms with van der Waals surface area (Å²) in [5.41, 5.74) is 5.19. The van der Waals surface area contributed by atoms with Gasteiger partial charge in [0.25, 0.3) is 5.92 Å². The quantitative estimate of drug-likeness (QED) is 0.795. The normalized spacial score (nSPS) is 49.8. The molecule has 0 amide bonds. The summed E-state index contributed by atoms with van der Waals surface area (Å²) in [6, 6.07) is 0. The fourth-order valence-corrected chi connectivity index (χ4v) is 4.99. The van der Waals surface area contributed by atoms with Crippen LogP contribution in [0.25, 0.3) is 0 Å². The standard InChI is InChI=1S/C12H17F2NO2/c13-12(14)3-8-10-6(1-2-7(10)12)11(8,5-15)4-9(16)17/h6-8,10H,1-5,15H2,(H,16,17)/t6-,7?,8+,10-,11+/m0/s1. The van der Waals surface area contributed by atoms with Gasteiger partial charge < -0.3 is 10.8 Å². The molecule has 0 aromatic heterocycles. The van der Waals surface area contributed by atoms with Gasteiger partial charge in [-0.2, -0.15) is 0 Å². The zero-order valence-corrected chi connectivity index (χ0v) is 9.53. The first-order chi connectivity index (χ1) is 7.92. The number of aliphatic carboxylic acids is 1. The molecule has 3 fully saturated rings. The second kappa shape index (κ2) is 3.19. The van der Waals surface area contributed by atoms with E-state index < -0.39 is 23.2 Å². The van der Waals surface area contributed by atoms with Gasteiger partial charge in [-0.3, -0.25) is 4.79 Å². The van der Waals surface area contributed by atoms with Crippen LogP contribution in [0.2, 0.25) is 0 Å². The Morgan fingerprint density at radius 3 is 2.53 bits per heavy atom. The van der Waals surface area contributed by atoms with E-state index in [1.54, 1.807) is 0 Å². The van der Waals surface area contributed by atoms with Gasteiger partial charge >= 0.3 is 5.97 Å². The van der Waals surface area contributed by atoms with E-state index in [4.69, 9.17) is 10.8 Å². The molecule has 3 aliphatic carbocycles. The Balaban J connectivity index is 1.93. The fraction of sp³-hybridized carbons (Fsp3) is 0.917. The van der Waals surface area contributed by atoms with Crippen molar-refractivity contribution in [2.45, 2.75) is 31.6 Å². The number of carboxylic acid groups (broad SMARTS) is 1. The number of carbonyl (C=O) groups is 1. The average Bonchev–Trinajstić information content (AvgIpc) is 2.72. The predicted molar refractivity (Wildman–Crippen MR) is 56.5 cm³/mol. The Bertz CT molecular complexity index is 374. The van der Waals surface area contributed by atoms with Gasteiger partial charge in [0, 0.05) is 12.3 Å². The molecule has 3 rings (SSSR count). The highest BCUT2D eigenvalue weighted by Gasteiger charge is 2.74. The molecule has 0 spiro atoms. The highest BCUT2D eigenvalue weighted by atomic mass is 19.3. The van der Waals surface area contributed by atoms with E-state index >= 15 is 0 Å². The first-order valence-electron chi connectivity index (χ1n) is 6.22. The minimum absolute atomic E-state index is 0.0351. The van der Waals surface area contributed by atoms with Crippen molar-refractivity contribution < 1.29 is 18.7 Å². The lowest BCUT2D eigenvalue weighted by atomic mass is 9.47. The summed E-state index contributed by atoms with van der Waals surface area (Å²) in [6.45, 7) is 0.230. The fourth-order valence-electron chi connectivity index (χ4n) is 4.99. The minimum atomic E-state index is -2.60. The van der Waals surface area contributed by atoms with Gasteiger partial charge in [-0.25, -0.2) is 8.78 Å². The number of rotatable bonds is 3. The second-order valence-corrected chi connectivity index (χ2v) is 5.95. The van der Waals surface area contributed by atoms with Gasteiger partial charge in [0.1, 0.15) is 0 Å². The van der Waals surface area contributed by atoms with Gasteiger partial charge in [0.15, 0.2) is 0 Å². The van der Waals surface area contributed by atoms with Crippen LogP contribution in [0.5, 0.6) is 0 Å². The lowest BCUT2D eigenvalue weighted by molar-refractivity contribution is -0.153. The van der Waals surface area contributed by atoms with Crippen molar-refractivity contribution in [3.63, 3.8) is 0 Å². The molecule has 0 radical (unpaired) electrons. The number of halogens is 2. The number of hydrogen-bond donors (Lipinski definition) is 2. The molecule has 1 unspecified atom stereocenters. The van der Waals surface area contributed by atoms with Gasteiger partial charge in [0.05, 0.1) is 6.42 Å². The largest absolute Gasteiger partial charge is 0.481 e. The molecule has 0 aromatic rings. The molecular formula is C12H17F2NO2. The summed E-state index contributed by atoms with van der Waals surface area (Å²) in [4.78, 5) is 10.9. The van der Waals surface area contributed by atoms with Crippen LogP contribution >= 0.6 is 0 Å². The van der Waals surface area contributed by atoms with E-state index in [-0.39, 0.29) is 37.1 Å². The second-order valence-electron chi connectivity index (χ2n) is 5.95. The predicted octanol–water partition coefficient (Wildman–Crippen LogP) is 1.72. The summed E-state index contributed by atoms with van der Waals surface area (Å²) in [5.74, 6) is -4.03. The number of nitrogens with two attached hydrogens (primary N) is 1. The molecule has 0 aromatic carbocycles. The van der Waals surface area contributed by atoms with Crippen molar-refractivity contribution in [2.75, 3.05) is 6.54 Å². The van der Waals surface area contributed by atoms with Crippen molar-refractivity contribution in [3.8, 4) is 0 Å². The summed E-state index contributed by atoms with van der Waals surface area (Å²) in [6.07, 6.45) is 1.08. The Morgan fingerprint density at radius 2 is 1.94 bits per heavy atom. The molecule has 3 N–H and O–H groups in total. The topological polar surface area (TPSA) is 63.3 Å². The van der Waals surface area contributed by atoms with Crippen LogP contribution in [0.4, 0.5) is 8.78 Å². The van der Waals surface area contributed by atoms with Crippen molar-refractivity contribution in [2.24, 2.45) is 34.8 Å². The molecule has 17 heavy (non-hydrogen) atoms. The molecule has 3 nitrogen and oxygen atoms in total. The third-order valence-electron chi connectivity index (χ3n) is 5.55. The van der Waals surface area contributed by atoms with Gasteiger partial charge in [-0.15, -0.1) is 0 Å². The van der Waals surface area contributed by atoms with Crippen molar-refractivity contribution in [3.05, 3.63) is 0 Å². The monoisotopic (exact) mass is 245 g/mol. The van der Waals surface area contributed by atoms with E-state index in [9.17, 15) is 13.6 Å². The zero-order valence-electron chi connectivity index (χ0n) is 9.53. The highest BCUT2D eigenvalue weighted by Crippen LogP contribution is 2.74. The molecule has 3 saturated carbocycles. The number of alkyl halides is 2. The first-order valence-corrected chi connectivity index (χ1v) is 6.22. The maximum atomic E-state index is 13.8. The van der Waals surface area contributed by atoms with E-state index in [0.717, 1.165) is 6.42 Å². The van der Waals surface area contributed by atoms with Crippen LogP contribution in [0, 0.1) is 29.1 Å². The van der Waals surface area contributed by atoms with E-state index in [2.05, 4.69) is 0 Å². The van der Waals surface area contributed by atoms with Gasteiger partial charge in [0.2, 0.25) is 0 Å². The van der Waals surface area contributed by atoms with Crippen LogP contribution in [0.3, 0.4) is 0 Å². The van der Waals surface area contributed by atoms with Gasteiger partial charge in [-0.05, 0) is 42.6 Å². The Morgan fingerprint density at radius 1 is 1.29 bits per heavy atom. The van der Waals surface area contributed by atoms with Crippen LogP contribution in [0.1, 0.15) is 25.7 Å². The lowest BCUT2D eigenvalue weighted by Gasteiger charge is -2.57.